The molecule has 0 spiro atoms. The van der Waals surface area contributed by atoms with Crippen LogP contribution in [0.2, 0.25) is 0 Å². The lowest BCUT2D eigenvalue weighted by Crippen LogP contribution is -2.33. The highest BCUT2D eigenvalue weighted by Gasteiger charge is 2.12. The Morgan fingerprint density at radius 3 is 2.70 bits per heavy atom. The van der Waals surface area contributed by atoms with Gasteiger partial charge >= 0.3 is 5.97 Å². The van der Waals surface area contributed by atoms with Crippen LogP contribution in [0.1, 0.15) is 25.3 Å². The summed E-state index contributed by atoms with van der Waals surface area (Å²) >= 11 is 1.21. The Hall–Kier alpha value is -1.53. The van der Waals surface area contributed by atoms with Gasteiger partial charge in [-0.3, -0.25) is 9.59 Å². The van der Waals surface area contributed by atoms with Crippen molar-refractivity contribution in [2.45, 2.75) is 25.8 Å². The number of carboxylic acids is 1. The molecule has 0 fully saturated rings. The van der Waals surface area contributed by atoms with E-state index in [2.05, 4.69) is 19.2 Å². The molecule has 0 aliphatic carbocycles. The van der Waals surface area contributed by atoms with Gasteiger partial charge in [0.1, 0.15) is 6.04 Å². The van der Waals surface area contributed by atoms with Crippen molar-refractivity contribution in [3.05, 3.63) is 29.8 Å². The fraction of sp³-hybridized carbons (Fsp3) is 0.429. The van der Waals surface area contributed by atoms with Crippen molar-refractivity contribution in [1.29, 1.82) is 0 Å². The monoisotopic (exact) mass is 296 g/mol. The summed E-state index contributed by atoms with van der Waals surface area (Å²) in [5.74, 6) is -0.410. The van der Waals surface area contributed by atoms with Crippen molar-refractivity contribution < 1.29 is 14.7 Å². The second-order valence-corrected chi connectivity index (χ2v) is 5.82. The van der Waals surface area contributed by atoms with Crippen LogP contribution in [0.15, 0.2) is 24.3 Å². The number of aliphatic carboxylic acids is 1. The number of benzene rings is 1. The van der Waals surface area contributed by atoms with Gasteiger partial charge < -0.3 is 16.2 Å². The molecule has 0 saturated heterocycles. The van der Waals surface area contributed by atoms with E-state index in [1.807, 2.05) is 24.3 Å². The van der Waals surface area contributed by atoms with Crippen LogP contribution in [0.25, 0.3) is 0 Å². The first-order valence-electron chi connectivity index (χ1n) is 6.36. The van der Waals surface area contributed by atoms with E-state index in [1.165, 1.54) is 11.8 Å². The average molecular weight is 296 g/mol. The van der Waals surface area contributed by atoms with Gasteiger partial charge in [-0.25, -0.2) is 0 Å². The molecule has 4 N–H and O–H groups in total. The zero-order valence-corrected chi connectivity index (χ0v) is 12.4. The summed E-state index contributed by atoms with van der Waals surface area (Å²) in [6.45, 7) is 4.17. The molecule has 0 bridgehead atoms. The number of nitrogens with one attached hydrogen (secondary N) is 1. The normalized spacial score (nSPS) is 12.2. The Morgan fingerprint density at radius 1 is 1.40 bits per heavy atom. The first-order valence-corrected chi connectivity index (χ1v) is 7.51. The van der Waals surface area contributed by atoms with Gasteiger partial charge in [-0.05, 0) is 23.6 Å². The number of hydrogen-bond acceptors (Lipinski definition) is 4. The van der Waals surface area contributed by atoms with Crippen molar-refractivity contribution in [2.24, 2.45) is 5.73 Å². The van der Waals surface area contributed by atoms with Crippen LogP contribution in [0.5, 0.6) is 0 Å². The van der Waals surface area contributed by atoms with Crippen molar-refractivity contribution in [2.75, 3.05) is 16.8 Å². The number of carbonyl (C=O) groups excluding carboxylic acids is 1. The zero-order chi connectivity index (χ0) is 15.1. The average Bonchev–Trinajstić information content (AvgIpc) is 2.38. The van der Waals surface area contributed by atoms with Crippen LogP contribution in [-0.4, -0.2) is 34.5 Å². The number of amides is 1. The van der Waals surface area contributed by atoms with E-state index in [-0.39, 0.29) is 17.4 Å². The number of rotatable bonds is 7. The topological polar surface area (TPSA) is 92.4 Å². The van der Waals surface area contributed by atoms with Crippen molar-refractivity contribution >= 4 is 29.3 Å². The number of anilines is 1. The minimum atomic E-state index is -1.05. The second-order valence-electron chi connectivity index (χ2n) is 4.79. The minimum absolute atomic E-state index is 0.159. The molecule has 5 nitrogen and oxygen atoms in total. The quantitative estimate of drug-likeness (QED) is 0.714. The van der Waals surface area contributed by atoms with E-state index in [4.69, 9.17) is 10.8 Å². The van der Waals surface area contributed by atoms with Crippen LogP contribution in [0.4, 0.5) is 5.69 Å². The Morgan fingerprint density at radius 2 is 2.10 bits per heavy atom. The largest absolute Gasteiger partial charge is 0.480 e. The van der Waals surface area contributed by atoms with Gasteiger partial charge in [0.25, 0.3) is 0 Å². The molecular weight excluding hydrogens is 276 g/mol. The SMILES string of the molecule is CC(C)c1cccc(NC(=O)CSC[C@H](N)C(=O)O)c1. The number of carboxylic acid groups (broad SMARTS) is 1. The maximum absolute atomic E-state index is 11.7. The summed E-state index contributed by atoms with van der Waals surface area (Å²) in [7, 11) is 0. The molecule has 0 unspecified atom stereocenters. The van der Waals surface area contributed by atoms with Crippen LogP contribution >= 0.6 is 11.8 Å². The first kappa shape index (κ1) is 16.5. The van der Waals surface area contributed by atoms with E-state index in [0.717, 1.165) is 11.3 Å². The minimum Gasteiger partial charge on any atom is -0.480 e. The molecule has 0 saturated carbocycles. The molecule has 1 aromatic rings. The Labute approximate surface area is 122 Å². The predicted octanol–water partition coefficient (Wildman–Crippen LogP) is 1.89. The fourth-order valence-electron chi connectivity index (χ4n) is 1.52. The van der Waals surface area contributed by atoms with E-state index < -0.39 is 12.0 Å². The third-order valence-corrected chi connectivity index (χ3v) is 3.75. The summed E-state index contributed by atoms with van der Waals surface area (Å²) < 4.78 is 0. The summed E-state index contributed by atoms with van der Waals surface area (Å²) in [5, 5.41) is 11.4. The molecule has 0 heterocycles. The van der Waals surface area contributed by atoms with Crippen molar-refractivity contribution in [1.82, 2.24) is 0 Å². The van der Waals surface area contributed by atoms with E-state index in [0.29, 0.717) is 5.92 Å². The molecule has 1 rings (SSSR count). The van der Waals surface area contributed by atoms with Gasteiger partial charge in [-0.1, -0.05) is 26.0 Å². The maximum Gasteiger partial charge on any atom is 0.321 e. The summed E-state index contributed by atoms with van der Waals surface area (Å²) in [5.41, 5.74) is 7.27. The Bertz CT molecular complexity index is 477. The number of hydrogen-bond donors (Lipinski definition) is 3. The van der Waals surface area contributed by atoms with Crippen molar-refractivity contribution in [3.8, 4) is 0 Å². The first-order chi connectivity index (χ1) is 9.40. The van der Waals surface area contributed by atoms with Crippen LogP contribution < -0.4 is 11.1 Å². The maximum atomic E-state index is 11.7. The van der Waals surface area contributed by atoms with Crippen molar-refractivity contribution in [3.63, 3.8) is 0 Å². The molecule has 1 amide bonds. The van der Waals surface area contributed by atoms with Gasteiger partial charge in [0, 0.05) is 11.4 Å². The lowest BCUT2D eigenvalue weighted by Gasteiger charge is -2.10. The molecular formula is C14H20N2O3S. The smallest absolute Gasteiger partial charge is 0.321 e. The van der Waals surface area contributed by atoms with Crippen LogP contribution in [-0.2, 0) is 9.59 Å². The van der Waals surface area contributed by atoms with Crippen LogP contribution in [0, 0.1) is 0 Å². The van der Waals surface area contributed by atoms with E-state index in [9.17, 15) is 9.59 Å². The van der Waals surface area contributed by atoms with Gasteiger partial charge in [0.05, 0.1) is 5.75 Å². The predicted molar refractivity (Wildman–Crippen MR) is 82.1 cm³/mol. The van der Waals surface area contributed by atoms with Crippen LogP contribution in [0.3, 0.4) is 0 Å². The summed E-state index contributed by atoms with van der Waals surface area (Å²) in [6.07, 6.45) is 0. The second kappa shape index (κ2) is 7.91. The zero-order valence-electron chi connectivity index (χ0n) is 11.6. The van der Waals surface area contributed by atoms with E-state index >= 15 is 0 Å². The molecule has 1 aromatic carbocycles. The van der Waals surface area contributed by atoms with Gasteiger partial charge in [0.2, 0.25) is 5.91 Å². The highest BCUT2D eigenvalue weighted by atomic mass is 32.2. The van der Waals surface area contributed by atoms with Gasteiger partial charge in [-0.2, -0.15) is 0 Å². The molecule has 110 valence electrons. The standard InChI is InChI=1S/C14H20N2O3S/c1-9(2)10-4-3-5-11(6-10)16-13(17)8-20-7-12(15)14(18)19/h3-6,9,12H,7-8,15H2,1-2H3,(H,16,17)(H,18,19)/t12-/m0/s1. The number of nitrogens with two attached hydrogens (primary N) is 1. The molecule has 0 aromatic heterocycles. The third-order valence-electron chi connectivity index (χ3n) is 2.68. The molecule has 1 atom stereocenters. The highest BCUT2D eigenvalue weighted by molar-refractivity contribution is 8.00. The Balaban J connectivity index is 2.42. The fourth-order valence-corrected chi connectivity index (χ4v) is 2.29. The molecule has 20 heavy (non-hydrogen) atoms. The molecule has 0 aliphatic heterocycles. The number of thioether (sulfide) groups is 1. The number of carbonyl (C=O) groups is 2. The molecule has 0 radical (unpaired) electrons. The lowest BCUT2D eigenvalue weighted by atomic mass is 10.0. The molecule has 0 aliphatic rings. The molecule has 6 heteroatoms. The Kier molecular flexibility index (Phi) is 6.54. The van der Waals surface area contributed by atoms with Gasteiger partial charge in [-0.15, -0.1) is 11.8 Å². The van der Waals surface area contributed by atoms with Gasteiger partial charge in [0.15, 0.2) is 0 Å². The summed E-state index contributed by atoms with van der Waals surface area (Å²) in [4.78, 5) is 22.3. The third kappa shape index (κ3) is 5.63. The highest BCUT2D eigenvalue weighted by Crippen LogP contribution is 2.18. The van der Waals surface area contributed by atoms with E-state index in [1.54, 1.807) is 0 Å². The lowest BCUT2D eigenvalue weighted by molar-refractivity contribution is -0.137. The summed E-state index contributed by atoms with van der Waals surface area (Å²) in [6, 6.07) is 6.75.